The molecule has 34 heavy (non-hydrogen) atoms. The normalized spacial score (nSPS) is 13.7. The molecule has 1 amide bonds. The summed E-state index contributed by atoms with van der Waals surface area (Å²) in [7, 11) is 0. The highest BCUT2D eigenvalue weighted by Gasteiger charge is 2.30. The number of aryl methyl sites for hydroxylation is 1. The molecule has 2 N–H and O–H groups in total. The number of allylic oxidation sites excluding steroid dienone is 1. The van der Waals surface area contributed by atoms with E-state index in [1.807, 2.05) is 68.5 Å². The van der Waals surface area contributed by atoms with Gasteiger partial charge in [-0.25, -0.2) is 9.59 Å². The molecule has 3 aromatic rings. The number of nitrogens with one attached hydrogen (secondary N) is 1. The lowest BCUT2D eigenvalue weighted by atomic mass is 9.94. The topological polar surface area (TPSA) is 75.6 Å². The summed E-state index contributed by atoms with van der Waals surface area (Å²) in [6.07, 6.45) is 1.14. The number of fused-ring (bicyclic) bond motifs is 3. The zero-order chi connectivity index (χ0) is 24.2. The number of ether oxygens (including phenoxy) is 1. The molecule has 0 fully saturated rings. The van der Waals surface area contributed by atoms with E-state index in [2.05, 4.69) is 17.4 Å². The standard InChI is InChI=1S/C28H26ClNO4/c1-3-18(26-17(2)9-8-14-24(26)29)15-25(27(31)32)30-28(33)34-16-23-21-12-6-4-10-19(21)20-11-5-7-13-22(20)23/h3-14,23,25H,15-16H2,1-2H3,(H,30,33)(H,31,32)/b18-3-/t25-/m0/s1. The van der Waals surface area contributed by atoms with Crippen molar-refractivity contribution in [1.82, 2.24) is 5.32 Å². The summed E-state index contributed by atoms with van der Waals surface area (Å²) < 4.78 is 5.53. The summed E-state index contributed by atoms with van der Waals surface area (Å²) in [6, 6.07) is 20.5. The van der Waals surface area contributed by atoms with E-state index in [1.165, 1.54) is 0 Å². The van der Waals surface area contributed by atoms with Gasteiger partial charge in [-0.1, -0.05) is 78.3 Å². The molecule has 6 heteroatoms. The summed E-state index contributed by atoms with van der Waals surface area (Å²) in [6.45, 7) is 3.86. The summed E-state index contributed by atoms with van der Waals surface area (Å²) in [5.74, 6) is -1.24. The molecule has 0 unspecified atom stereocenters. The van der Waals surface area contributed by atoms with Crippen molar-refractivity contribution in [3.63, 3.8) is 0 Å². The molecular formula is C28H26ClNO4. The molecule has 5 nitrogen and oxygen atoms in total. The molecule has 0 aromatic heterocycles. The second-order valence-electron chi connectivity index (χ2n) is 8.31. The average molecular weight is 476 g/mol. The molecule has 1 aliphatic carbocycles. The number of rotatable bonds is 7. The lowest BCUT2D eigenvalue weighted by Crippen LogP contribution is -2.41. The van der Waals surface area contributed by atoms with Gasteiger partial charge in [0.15, 0.2) is 0 Å². The van der Waals surface area contributed by atoms with Crippen molar-refractivity contribution in [3.05, 3.63) is 100 Å². The van der Waals surface area contributed by atoms with E-state index in [1.54, 1.807) is 6.07 Å². The van der Waals surface area contributed by atoms with Crippen LogP contribution in [0.4, 0.5) is 4.79 Å². The van der Waals surface area contributed by atoms with Crippen LogP contribution in [0.3, 0.4) is 0 Å². The number of benzene rings is 3. The number of carboxylic acids is 1. The number of hydrogen-bond donors (Lipinski definition) is 2. The molecule has 0 saturated heterocycles. The van der Waals surface area contributed by atoms with Crippen LogP contribution in [0.25, 0.3) is 16.7 Å². The first-order valence-corrected chi connectivity index (χ1v) is 11.5. The Morgan fingerprint density at radius 2 is 1.65 bits per heavy atom. The number of carbonyl (C=O) groups excluding carboxylic acids is 1. The first-order valence-electron chi connectivity index (χ1n) is 11.2. The van der Waals surface area contributed by atoms with Gasteiger partial charge in [0.1, 0.15) is 12.6 Å². The Kier molecular flexibility index (Phi) is 7.03. The van der Waals surface area contributed by atoms with Crippen LogP contribution in [0.2, 0.25) is 5.02 Å². The molecule has 0 heterocycles. The number of carbonyl (C=O) groups is 2. The van der Waals surface area contributed by atoms with Crippen molar-refractivity contribution in [2.45, 2.75) is 32.2 Å². The van der Waals surface area contributed by atoms with E-state index in [0.717, 1.165) is 39.0 Å². The molecule has 1 aliphatic rings. The van der Waals surface area contributed by atoms with Gasteiger partial charge >= 0.3 is 12.1 Å². The van der Waals surface area contributed by atoms with Crippen LogP contribution >= 0.6 is 11.6 Å². The smallest absolute Gasteiger partial charge is 0.407 e. The lowest BCUT2D eigenvalue weighted by Gasteiger charge is -2.20. The highest BCUT2D eigenvalue weighted by molar-refractivity contribution is 6.32. The van der Waals surface area contributed by atoms with Gasteiger partial charge in [-0.3, -0.25) is 0 Å². The fourth-order valence-corrected chi connectivity index (χ4v) is 4.95. The van der Waals surface area contributed by atoms with Crippen LogP contribution in [0.15, 0.2) is 72.8 Å². The van der Waals surface area contributed by atoms with Crippen molar-refractivity contribution < 1.29 is 19.4 Å². The Bertz CT molecular complexity index is 1200. The highest BCUT2D eigenvalue weighted by Crippen LogP contribution is 2.44. The molecule has 174 valence electrons. The van der Waals surface area contributed by atoms with Crippen molar-refractivity contribution in [1.29, 1.82) is 0 Å². The Labute approximate surface area is 204 Å². The molecule has 4 rings (SSSR count). The number of alkyl carbamates (subject to hydrolysis) is 1. The summed E-state index contributed by atoms with van der Waals surface area (Å²) >= 11 is 6.38. The third-order valence-electron chi connectivity index (χ3n) is 6.25. The maximum absolute atomic E-state index is 12.6. The van der Waals surface area contributed by atoms with Gasteiger partial charge in [-0.15, -0.1) is 0 Å². The Morgan fingerprint density at radius 1 is 1.03 bits per heavy atom. The van der Waals surface area contributed by atoms with Crippen molar-refractivity contribution in [2.75, 3.05) is 6.61 Å². The number of aliphatic carboxylic acids is 1. The minimum atomic E-state index is -1.16. The van der Waals surface area contributed by atoms with Gasteiger partial charge in [0.2, 0.25) is 0 Å². The molecule has 1 atom stereocenters. The largest absolute Gasteiger partial charge is 0.480 e. The van der Waals surface area contributed by atoms with Crippen molar-refractivity contribution >= 4 is 29.2 Å². The van der Waals surface area contributed by atoms with E-state index in [0.29, 0.717) is 5.02 Å². The third-order valence-corrected chi connectivity index (χ3v) is 6.56. The summed E-state index contributed by atoms with van der Waals surface area (Å²) in [5, 5.41) is 12.8. The highest BCUT2D eigenvalue weighted by atomic mass is 35.5. The van der Waals surface area contributed by atoms with Crippen molar-refractivity contribution in [2.24, 2.45) is 0 Å². The minimum Gasteiger partial charge on any atom is -0.480 e. The van der Waals surface area contributed by atoms with E-state index in [-0.39, 0.29) is 18.9 Å². The quantitative estimate of drug-likeness (QED) is 0.412. The number of hydrogen-bond acceptors (Lipinski definition) is 3. The zero-order valence-electron chi connectivity index (χ0n) is 19.0. The molecule has 0 spiro atoms. The third kappa shape index (κ3) is 4.70. The minimum absolute atomic E-state index is 0.0839. The number of halogens is 1. The summed E-state index contributed by atoms with van der Waals surface area (Å²) in [4.78, 5) is 24.6. The second-order valence-corrected chi connectivity index (χ2v) is 8.72. The van der Waals surface area contributed by atoms with Crippen LogP contribution in [-0.4, -0.2) is 29.8 Å². The Hall–Kier alpha value is -3.57. The molecule has 3 aromatic carbocycles. The van der Waals surface area contributed by atoms with Gasteiger partial charge < -0.3 is 15.2 Å². The predicted octanol–water partition coefficient (Wildman–Crippen LogP) is 6.43. The average Bonchev–Trinajstić information content (AvgIpc) is 3.15. The maximum atomic E-state index is 12.6. The molecule has 0 saturated carbocycles. The van der Waals surface area contributed by atoms with Crippen LogP contribution in [-0.2, 0) is 9.53 Å². The van der Waals surface area contributed by atoms with Gasteiger partial charge in [0.05, 0.1) is 0 Å². The Balaban J connectivity index is 1.46. The van der Waals surface area contributed by atoms with Gasteiger partial charge in [0, 0.05) is 17.4 Å². The van der Waals surface area contributed by atoms with E-state index in [4.69, 9.17) is 16.3 Å². The Morgan fingerprint density at radius 3 is 2.21 bits per heavy atom. The second kappa shape index (κ2) is 10.1. The lowest BCUT2D eigenvalue weighted by molar-refractivity contribution is -0.139. The first-order chi connectivity index (χ1) is 16.4. The molecule has 0 bridgehead atoms. The van der Waals surface area contributed by atoms with E-state index < -0.39 is 18.1 Å². The van der Waals surface area contributed by atoms with Gasteiger partial charge in [-0.05, 0) is 58.9 Å². The molecule has 0 aliphatic heterocycles. The molecular weight excluding hydrogens is 450 g/mol. The zero-order valence-corrected chi connectivity index (χ0v) is 19.8. The monoisotopic (exact) mass is 475 g/mol. The maximum Gasteiger partial charge on any atom is 0.407 e. The predicted molar refractivity (Wildman–Crippen MR) is 134 cm³/mol. The van der Waals surface area contributed by atoms with E-state index >= 15 is 0 Å². The van der Waals surface area contributed by atoms with Crippen molar-refractivity contribution in [3.8, 4) is 11.1 Å². The van der Waals surface area contributed by atoms with Gasteiger partial charge in [0.25, 0.3) is 0 Å². The number of amides is 1. The first kappa shape index (κ1) is 23.6. The van der Waals surface area contributed by atoms with Crippen LogP contribution in [0.1, 0.15) is 41.5 Å². The van der Waals surface area contributed by atoms with E-state index in [9.17, 15) is 14.7 Å². The summed E-state index contributed by atoms with van der Waals surface area (Å²) in [5.41, 5.74) is 6.91. The van der Waals surface area contributed by atoms with Crippen LogP contribution in [0, 0.1) is 6.92 Å². The fourth-order valence-electron chi connectivity index (χ4n) is 4.61. The SMILES string of the molecule is C/C=C(/C[C@H](NC(=O)OCC1c2ccccc2-c2ccccc21)C(=O)O)c1c(C)cccc1Cl. The van der Waals surface area contributed by atoms with Crippen LogP contribution < -0.4 is 5.32 Å². The van der Waals surface area contributed by atoms with Crippen LogP contribution in [0.5, 0.6) is 0 Å². The fraction of sp³-hybridized carbons (Fsp3) is 0.214. The van der Waals surface area contributed by atoms with Gasteiger partial charge in [-0.2, -0.15) is 0 Å². The molecule has 0 radical (unpaired) electrons. The number of carboxylic acid groups (broad SMARTS) is 1.